The number of aliphatic hydroxyl groups excluding tert-OH is 2. The highest BCUT2D eigenvalue weighted by Gasteiger charge is 2.40. The Bertz CT molecular complexity index is 531. The summed E-state index contributed by atoms with van der Waals surface area (Å²) in [6.07, 6.45) is -2.44. The molecule has 1 aliphatic heterocycles. The summed E-state index contributed by atoms with van der Waals surface area (Å²) >= 11 is 0. The van der Waals surface area contributed by atoms with E-state index in [-0.39, 0.29) is 5.76 Å². The first-order valence-electron chi connectivity index (χ1n) is 4.54. The fraction of sp³-hybridized carbons (Fsp3) is 0.333. The lowest BCUT2D eigenvalue weighted by molar-refractivity contribution is -0.0163. The van der Waals surface area contributed by atoms with Crippen LogP contribution in [0.5, 0.6) is 0 Å². The molecule has 16 heavy (non-hydrogen) atoms. The van der Waals surface area contributed by atoms with Crippen molar-refractivity contribution in [2.24, 2.45) is 0 Å². The first-order valence-corrected chi connectivity index (χ1v) is 4.54. The molecule has 0 aliphatic carbocycles. The molecule has 1 fully saturated rings. The van der Waals surface area contributed by atoms with Crippen LogP contribution in [0.25, 0.3) is 0 Å². The van der Waals surface area contributed by atoms with E-state index in [4.69, 9.17) is 4.74 Å². The number of hydrogen-bond acceptors (Lipinski definition) is 5. The van der Waals surface area contributed by atoms with Crippen molar-refractivity contribution in [2.75, 3.05) is 0 Å². The van der Waals surface area contributed by atoms with Gasteiger partial charge in [0, 0.05) is 12.3 Å². The zero-order valence-corrected chi connectivity index (χ0v) is 8.16. The molecule has 2 rings (SSSR count). The van der Waals surface area contributed by atoms with Crippen molar-refractivity contribution < 1.29 is 14.9 Å². The minimum atomic E-state index is -1.30. The van der Waals surface area contributed by atoms with Gasteiger partial charge in [-0.05, 0) is 0 Å². The van der Waals surface area contributed by atoms with Gasteiger partial charge in [0.2, 0.25) is 6.23 Å². The first-order chi connectivity index (χ1) is 7.50. The lowest BCUT2D eigenvalue weighted by Gasteiger charge is -2.15. The van der Waals surface area contributed by atoms with Crippen molar-refractivity contribution in [3.8, 4) is 0 Å². The van der Waals surface area contributed by atoms with Crippen LogP contribution in [0.15, 0.2) is 34.2 Å². The Balaban J connectivity index is 2.43. The number of nitrogens with zero attached hydrogens (tertiary/aromatic N) is 1. The van der Waals surface area contributed by atoms with Gasteiger partial charge < -0.3 is 14.9 Å². The number of aliphatic hydroxyl groups is 2. The van der Waals surface area contributed by atoms with Crippen molar-refractivity contribution in [3.63, 3.8) is 0 Å². The Kier molecular flexibility index (Phi) is 2.41. The highest BCUT2D eigenvalue weighted by molar-refractivity contribution is 5.05. The van der Waals surface area contributed by atoms with Crippen LogP contribution >= 0.6 is 0 Å². The minimum Gasteiger partial charge on any atom is -0.469 e. The van der Waals surface area contributed by atoms with E-state index < -0.39 is 29.7 Å². The summed E-state index contributed by atoms with van der Waals surface area (Å²) in [6, 6.07) is 1.12. The van der Waals surface area contributed by atoms with Crippen LogP contribution in [-0.4, -0.2) is 32.0 Å². The number of rotatable bonds is 1. The average Bonchev–Trinajstić information content (AvgIpc) is 2.46. The molecule has 1 aromatic heterocycles. The lowest BCUT2D eigenvalue weighted by Crippen LogP contribution is -2.37. The molecule has 86 valence electrons. The predicted octanol–water partition coefficient (Wildman–Crippen LogP) is -1.70. The quantitative estimate of drug-likeness (QED) is 0.529. The maximum absolute atomic E-state index is 11.4. The van der Waals surface area contributed by atoms with Crippen LogP contribution in [-0.2, 0) is 4.74 Å². The van der Waals surface area contributed by atoms with Gasteiger partial charge in [-0.2, -0.15) is 0 Å². The minimum absolute atomic E-state index is 0.0180. The molecular weight excluding hydrogens is 216 g/mol. The number of aromatic nitrogens is 2. The van der Waals surface area contributed by atoms with Gasteiger partial charge in [0.15, 0.2) is 0 Å². The summed E-state index contributed by atoms with van der Waals surface area (Å²) in [7, 11) is 0. The summed E-state index contributed by atoms with van der Waals surface area (Å²) in [5, 5.41) is 19.0. The van der Waals surface area contributed by atoms with Gasteiger partial charge in [0.1, 0.15) is 18.0 Å². The number of ether oxygens (including phenoxy) is 1. The molecule has 3 N–H and O–H groups in total. The topological polar surface area (TPSA) is 105 Å². The van der Waals surface area contributed by atoms with E-state index in [1.54, 1.807) is 0 Å². The predicted molar refractivity (Wildman–Crippen MR) is 52.6 cm³/mol. The maximum Gasteiger partial charge on any atom is 0.331 e. The van der Waals surface area contributed by atoms with Gasteiger partial charge in [-0.1, -0.05) is 6.58 Å². The zero-order valence-electron chi connectivity index (χ0n) is 8.16. The normalized spacial score (nSPS) is 29.1. The smallest absolute Gasteiger partial charge is 0.331 e. The van der Waals surface area contributed by atoms with Crippen LogP contribution in [0.4, 0.5) is 0 Å². The molecule has 0 saturated carbocycles. The molecule has 0 unspecified atom stereocenters. The molecule has 0 amide bonds. The van der Waals surface area contributed by atoms with Crippen LogP contribution < -0.4 is 11.2 Å². The van der Waals surface area contributed by atoms with Gasteiger partial charge in [0.05, 0.1) is 0 Å². The third kappa shape index (κ3) is 1.55. The highest BCUT2D eigenvalue weighted by atomic mass is 16.5. The summed E-state index contributed by atoms with van der Waals surface area (Å²) in [6.45, 7) is 3.39. The van der Waals surface area contributed by atoms with Gasteiger partial charge in [-0.15, -0.1) is 0 Å². The van der Waals surface area contributed by atoms with E-state index in [0.717, 1.165) is 10.6 Å². The second-order valence-corrected chi connectivity index (χ2v) is 3.43. The van der Waals surface area contributed by atoms with Crippen LogP contribution in [0.2, 0.25) is 0 Å². The monoisotopic (exact) mass is 226 g/mol. The zero-order chi connectivity index (χ0) is 11.9. The number of hydrogen-bond donors (Lipinski definition) is 3. The molecule has 1 aromatic rings. The molecule has 2 heterocycles. The summed E-state index contributed by atoms with van der Waals surface area (Å²) < 4.78 is 6.02. The molecule has 0 aromatic carbocycles. The lowest BCUT2D eigenvalue weighted by atomic mass is 10.2. The molecular formula is C9H10N2O5. The SMILES string of the molecule is C=C1O[C@@H](n2ccc(=O)[nH]c2=O)[C@H](O)[C@@H]1O. The van der Waals surface area contributed by atoms with E-state index in [2.05, 4.69) is 6.58 Å². The van der Waals surface area contributed by atoms with Crippen molar-refractivity contribution in [2.45, 2.75) is 18.4 Å². The number of H-pyrrole nitrogens is 1. The van der Waals surface area contributed by atoms with Crippen LogP contribution in [0.3, 0.4) is 0 Å². The molecule has 0 radical (unpaired) electrons. The van der Waals surface area contributed by atoms with E-state index >= 15 is 0 Å². The third-order valence-corrected chi connectivity index (χ3v) is 2.34. The second kappa shape index (κ2) is 3.62. The Morgan fingerprint density at radius 2 is 2.12 bits per heavy atom. The number of aromatic amines is 1. The first kappa shape index (κ1) is 10.7. The number of nitrogens with one attached hydrogen (secondary N) is 1. The fourth-order valence-corrected chi connectivity index (χ4v) is 1.49. The molecule has 0 spiro atoms. The fourth-order valence-electron chi connectivity index (χ4n) is 1.49. The molecule has 0 bridgehead atoms. The third-order valence-electron chi connectivity index (χ3n) is 2.34. The van der Waals surface area contributed by atoms with Gasteiger partial charge in [-0.3, -0.25) is 14.3 Å². The summed E-state index contributed by atoms with van der Waals surface area (Å²) in [4.78, 5) is 24.2. The summed E-state index contributed by atoms with van der Waals surface area (Å²) in [5.41, 5.74) is -1.27. The Morgan fingerprint density at radius 1 is 1.44 bits per heavy atom. The van der Waals surface area contributed by atoms with Crippen LogP contribution in [0, 0.1) is 0 Å². The largest absolute Gasteiger partial charge is 0.469 e. The maximum atomic E-state index is 11.4. The molecule has 3 atom stereocenters. The van der Waals surface area contributed by atoms with Gasteiger partial charge >= 0.3 is 5.69 Å². The van der Waals surface area contributed by atoms with Crippen molar-refractivity contribution >= 4 is 0 Å². The van der Waals surface area contributed by atoms with Crippen molar-refractivity contribution in [1.29, 1.82) is 0 Å². The Morgan fingerprint density at radius 3 is 2.62 bits per heavy atom. The van der Waals surface area contributed by atoms with E-state index in [9.17, 15) is 19.8 Å². The standard InChI is InChI=1S/C9H10N2O5/c1-4-6(13)7(14)8(16-4)11-3-2-5(12)10-9(11)15/h2-3,6-8,13-14H,1H2,(H,10,12,15)/t6-,7-,8-/m1/s1. The van der Waals surface area contributed by atoms with Crippen molar-refractivity contribution in [3.05, 3.63) is 45.4 Å². The van der Waals surface area contributed by atoms with E-state index in [1.165, 1.54) is 6.20 Å². The average molecular weight is 226 g/mol. The van der Waals surface area contributed by atoms with E-state index in [0.29, 0.717) is 0 Å². The van der Waals surface area contributed by atoms with Crippen molar-refractivity contribution in [1.82, 2.24) is 9.55 Å². The Hall–Kier alpha value is -1.86. The molecule has 7 nitrogen and oxygen atoms in total. The second-order valence-electron chi connectivity index (χ2n) is 3.43. The summed E-state index contributed by atoms with van der Waals surface area (Å²) in [5.74, 6) is -0.0180. The Labute approximate surface area is 89.2 Å². The molecule has 1 saturated heterocycles. The highest BCUT2D eigenvalue weighted by Crippen LogP contribution is 2.29. The van der Waals surface area contributed by atoms with Gasteiger partial charge in [-0.25, -0.2) is 4.79 Å². The van der Waals surface area contributed by atoms with E-state index in [1.807, 2.05) is 4.98 Å². The van der Waals surface area contributed by atoms with Gasteiger partial charge in [0.25, 0.3) is 5.56 Å². The molecule has 1 aliphatic rings. The molecule has 7 heteroatoms. The van der Waals surface area contributed by atoms with Crippen LogP contribution in [0.1, 0.15) is 6.23 Å².